The molecular weight excluding hydrogens is 284 g/mol. The Morgan fingerprint density at radius 1 is 1.00 bits per heavy atom. The minimum absolute atomic E-state index is 0.675. The first-order chi connectivity index (χ1) is 9.92. The zero-order chi connectivity index (χ0) is 13.6. The Kier molecular flexibility index (Phi) is 5.57. The summed E-state index contributed by atoms with van der Waals surface area (Å²) in [4.78, 5) is 2.59. The molecule has 1 aromatic carbocycles. The van der Waals surface area contributed by atoms with Crippen molar-refractivity contribution in [2.75, 3.05) is 41.4 Å². The van der Waals surface area contributed by atoms with Gasteiger partial charge in [-0.3, -0.25) is 4.90 Å². The predicted octanol–water partition coefficient (Wildman–Crippen LogP) is 3.54. The number of thioether (sulfide) groups is 2. The lowest BCUT2D eigenvalue weighted by Crippen LogP contribution is -2.32. The number of hydrogen-bond acceptors (Lipinski definition) is 4. The van der Waals surface area contributed by atoms with E-state index in [-0.39, 0.29) is 0 Å². The van der Waals surface area contributed by atoms with E-state index in [1.165, 1.54) is 60.2 Å². The summed E-state index contributed by atoms with van der Waals surface area (Å²) in [7, 11) is 0. The molecule has 2 saturated heterocycles. The van der Waals surface area contributed by atoms with Gasteiger partial charge in [0.15, 0.2) is 0 Å². The SMILES string of the molecule is c1ccc(NC2CCSCC2)c(CN2CCSCC2)c1. The monoisotopic (exact) mass is 308 g/mol. The van der Waals surface area contributed by atoms with E-state index < -0.39 is 0 Å². The molecule has 0 atom stereocenters. The summed E-state index contributed by atoms with van der Waals surface area (Å²) in [6.07, 6.45) is 2.61. The van der Waals surface area contributed by atoms with Crippen molar-refractivity contribution >= 4 is 29.2 Å². The fourth-order valence-corrected chi connectivity index (χ4v) is 4.95. The van der Waals surface area contributed by atoms with Crippen LogP contribution >= 0.6 is 23.5 Å². The van der Waals surface area contributed by atoms with Gasteiger partial charge in [-0.15, -0.1) is 0 Å². The van der Waals surface area contributed by atoms with Crippen molar-refractivity contribution in [1.82, 2.24) is 4.90 Å². The summed E-state index contributed by atoms with van der Waals surface area (Å²) in [5.41, 5.74) is 2.83. The van der Waals surface area contributed by atoms with Crippen LogP contribution in [-0.2, 0) is 6.54 Å². The molecule has 2 heterocycles. The first-order valence-corrected chi connectivity index (χ1v) is 9.95. The van der Waals surface area contributed by atoms with Crippen LogP contribution in [0.4, 0.5) is 5.69 Å². The number of hydrogen-bond donors (Lipinski definition) is 1. The molecule has 0 spiro atoms. The fraction of sp³-hybridized carbons (Fsp3) is 0.625. The van der Waals surface area contributed by atoms with E-state index in [1.54, 1.807) is 0 Å². The van der Waals surface area contributed by atoms with Gasteiger partial charge in [-0.25, -0.2) is 0 Å². The second-order valence-corrected chi connectivity index (χ2v) is 8.03. The number of nitrogens with one attached hydrogen (secondary N) is 1. The Morgan fingerprint density at radius 3 is 2.50 bits per heavy atom. The molecule has 0 saturated carbocycles. The van der Waals surface area contributed by atoms with Gasteiger partial charge < -0.3 is 5.32 Å². The van der Waals surface area contributed by atoms with Crippen LogP contribution in [0.5, 0.6) is 0 Å². The first-order valence-electron chi connectivity index (χ1n) is 7.64. The zero-order valence-electron chi connectivity index (χ0n) is 12.0. The number of benzene rings is 1. The van der Waals surface area contributed by atoms with Gasteiger partial charge in [-0.2, -0.15) is 23.5 Å². The molecule has 2 nitrogen and oxygen atoms in total. The molecule has 1 aromatic rings. The first kappa shape index (κ1) is 14.6. The van der Waals surface area contributed by atoms with Gasteiger partial charge >= 0.3 is 0 Å². The third-order valence-electron chi connectivity index (χ3n) is 4.10. The van der Waals surface area contributed by atoms with Gasteiger partial charge in [0.1, 0.15) is 0 Å². The van der Waals surface area contributed by atoms with Crippen LogP contribution in [0.2, 0.25) is 0 Å². The van der Waals surface area contributed by atoms with E-state index in [9.17, 15) is 0 Å². The van der Waals surface area contributed by atoms with E-state index in [0.29, 0.717) is 6.04 Å². The summed E-state index contributed by atoms with van der Waals surface area (Å²) in [6, 6.07) is 9.57. The van der Waals surface area contributed by atoms with Gasteiger partial charge in [0, 0.05) is 42.9 Å². The highest BCUT2D eigenvalue weighted by Gasteiger charge is 2.16. The van der Waals surface area contributed by atoms with Crippen LogP contribution in [-0.4, -0.2) is 47.0 Å². The highest BCUT2D eigenvalue weighted by molar-refractivity contribution is 7.99. The molecule has 0 aromatic heterocycles. The topological polar surface area (TPSA) is 15.3 Å². The number of rotatable bonds is 4. The molecule has 0 amide bonds. The van der Waals surface area contributed by atoms with E-state index in [4.69, 9.17) is 0 Å². The normalized spacial score (nSPS) is 21.8. The van der Waals surface area contributed by atoms with Crippen molar-refractivity contribution in [2.24, 2.45) is 0 Å². The van der Waals surface area contributed by atoms with Gasteiger partial charge in [-0.1, -0.05) is 18.2 Å². The summed E-state index contributed by atoms with van der Waals surface area (Å²) in [6.45, 7) is 3.57. The third kappa shape index (κ3) is 4.09. The molecular formula is C16H24N2S2. The molecule has 4 heteroatoms. The number of anilines is 1. The molecule has 3 rings (SSSR count). The van der Waals surface area contributed by atoms with Crippen molar-refractivity contribution in [1.29, 1.82) is 0 Å². The number of para-hydroxylation sites is 1. The Labute approximate surface area is 131 Å². The average Bonchev–Trinajstić information content (AvgIpc) is 2.51. The molecule has 110 valence electrons. The van der Waals surface area contributed by atoms with E-state index in [1.807, 2.05) is 0 Å². The van der Waals surface area contributed by atoms with E-state index in [2.05, 4.69) is 58.0 Å². The molecule has 1 N–H and O–H groups in total. The van der Waals surface area contributed by atoms with E-state index in [0.717, 1.165) is 6.54 Å². The lowest BCUT2D eigenvalue weighted by atomic mass is 10.1. The Morgan fingerprint density at radius 2 is 1.70 bits per heavy atom. The molecule has 2 fully saturated rings. The van der Waals surface area contributed by atoms with Crippen molar-refractivity contribution in [3.63, 3.8) is 0 Å². The highest BCUT2D eigenvalue weighted by Crippen LogP contribution is 2.24. The molecule has 0 aliphatic carbocycles. The standard InChI is InChI=1S/C16H24N2S2/c1-2-4-16(17-15-5-9-19-10-6-15)14(3-1)13-18-7-11-20-12-8-18/h1-4,15,17H,5-13H2. The molecule has 20 heavy (non-hydrogen) atoms. The quantitative estimate of drug-likeness (QED) is 0.914. The van der Waals surface area contributed by atoms with Crippen molar-refractivity contribution in [3.8, 4) is 0 Å². The van der Waals surface area contributed by atoms with Crippen molar-refractivity contribution in [2.45, 2.75) is 25.4 Å². The molecule has 0 unspecified atom stereocenters. The lowest BCUT2D eigenvalue weighted by Gasteiger charge is -2.29. The van der Waals surface area contributed by atoms with Crippen LogP contribution in [0.3, 0.4) is 0 Å². The van der Waals surface area contributed by atoms with E-state index >= 15 is 0 Å². The molecule has 2 aliphatic heterocycles. The smallest absolute Gasteiger partial charge is 0.0388 e. The van der Waals surface area contributed by atoms with Crippen LogP contribution < -0.4 is 5.32 Å². The van der Waals surface area contributed by atoms with Crippen molar-refractivity contribution < 1.29 is 0 Å². The number of nitrogens with zero attached hydrogens (tertiary/aromatic N) is 1. The maximum Gasteiger partial charge on any atom is 0.0388 e. The van der Waals surface area contributed by atoms with Gasteiger partial charge in [-0.05, 0) is 36.0 Å². The maximum atomic E-state index is 3.79. The molecule has 0 radical (unpaired) electrons. The predicted molar refractivity (Wildman–Crippen MR) is 93.0 cm³/mol. The van der Waals surface area contributed by atoms with Crippen LogP contribution in [0.25, 0.3) is 0 Å². The van der Waals surface area contributed by atoms with Crippen LogP contribution in [0.15, 0.2) is 24.3 Å². The van der Waals surface area contributed by atoms with Gasteiger partial charge in [0.05, 0.1) is 0 Å². The van der Waals surface area contributed by atoms with Gasteiger partial charge in [0.2, 0.25) is 0 Å². The fourth-order valence-electron chi connectivity index (χ4n) is 2.86. The summed E-state index contributed by atoms with van der Waals surface area (Å²) in [5, 5.41) is 3.79. The van der Waals surface area contributed by atoms with Crippen LogP contribution in [0, 0.1) is 0 Å². The average molecular weight is 309 g/mol. The van der Waals surface area contributed by atoms with Gasteiger partial charge in [0.25, 0.3) is 0 Å². The summed E-state index contributed by atoms with van der Waals surface area (Å²) in [5.74, 6) is 5.19. The Bertz CT molecular complexity index is 374. The highest BCUT2D eigenvalue weighted by atomic mass is 32.2. The lowest BCUT2D eigenvalue weighted by molar-refractivity contribution is 0.295. The van der Waals surface area contributed by atoms with Crippen LogP contribution in [0.1, 0.15) is 18.4 Å². The minimum atomic E-state index is 0.675. The third-order valence-corrected chi connectivity index (χ3v) is 6.09. The maximum absolute atomic E-state index is 3.79. The minimum Gasteiger partial charge on any atom is -0.382 e. The largest absolute Gasteiger partial charge is 0.382 e. The zero-order valence-corrected chi connectivity index (χ0v) is 13.6. The second kappa shape index (κ2) is 7.62. The molecule has 2 aliphatic rings. The molecule has 0 bridgehead atoms. The summed E-state index contributed by atoms with van der Waals surface area (Å²) < 4.78 is 0. The Hall–Kier alpha value is -0.320. The van der Waals surface area contributed by atoms with Crippen molar-refractivity contribution in [3.05, 3.63) is 29.8 Å². The second-order valence-electron chi connectivity index (χ2n) is 5.58. The summed E-state index contributed by atoms with van der Waals surface area (Å²) >= 11 is 4.17. The Balaban J connectivity index is 1.63.